The Bertz CT molecular complexity index is 227. The Morgan fingerprint density at radius 2 is 2.18 bits per heavy atom. The van der Waals surface area contributed by atoms with Crippen LogP contribution < -0.4 is 5.32 Å². The summed E-state index contributed by atoms with van der Waals surface area (Å²) in [6, 6.07) is 0.260. The lowest BCUT2D eigenvalue weighted by Crippen LogP contribution is -2.55. The monoisotopic (exact) mass is 251 g/mol. The summed E-state index contributed by atoms with van der Waals surface area (Å²) in [5.41, 5.74) is -0.362. The van der Waals surface area contributed by atoms with Gasteiger partial charge < -0.3 is 15.2 Å². The summed E-state index contributed by atoms with van der Waals surface area (Å²) in [6.45, 7) is 3.55. The Labute approximate surface area is 102 Å². The summed E-state index contributed by atoms with van der Waals surface area (Å²) >= 11 is 0. The van der Waals surface area contributed by atoms with Gasteiger partial charge in [0.15, 0.2) is 0 Å². The van der Waals surface area contributed by atoms with Crippen molar-refractivity contribution in [1.29, 1.82) is 0 Å². The lowest BCUT2D eigenvalue weighted by molar-refractivity contribution is -0.0592. The van der Waals surface area contributed by atoms with Gasteiger partial charge in [-0.05, 0) is 25.7 Å². The molecule has 2 N–H and O–H groups in total. The van der Waals surface area contributed by atoms with Crippen molar-refractivity contribution in [2.75, 3.05) is 13.2 Å². The standard InChI is InChI=1S/C12H23F2NO2/c1-9(2)15-12(8-16)5-3-4-10(6-12)17-7-11(13)14/h9-11,15-16H,3-8H2,1-2H3. The van der Waals surface area contributed by atoms with Gasteiger partial charge in [0.2, 0.25) is 0 Å². The summed E-state index contributed by atoms with van der Waals surface area (Å²) in [4.78, 5) is 0. The third-order valence-electron chi connectivity index (χ3n) is 3.16. The van der Waals surface area contributed by atoms with Gasteiger partial charge in [0.05, 0.1) is 12.7 Å². The highest BCUT2D eigenvalue weighted by molar-refractivity contribution is 4.94. The molecule has 2 unspecified atom stereocenters. The summed E-state index contributed by atoms with van der Waals surface area (Å²) in [5, 5.41) is 12.9. The molecule has 0 aromatic heterocycles. The second kappa shape index (κ2) is 6.61. The Morgan fingerprint density at radius 3 is 2.71 bits per heavy atom. The van der Waals surface area contributed by atoms with E-state index in [1.807, 2.05) is 13.8 Å². The van der Waals surface area contributed by atoms with E-state index in [1.165, 1.54) is 0 Å². The third-order valence-corrected chi connectivity index (χ3v) is 3.16. The van der Waals surface area contributed by atoms with Crippen LogP contribution in [0.1, 0.15) is 39.5 Å². The van der Waals surface area contributed by atoms with Gasteiger partial charge in [0, 0.05) is 11.6 Å². The van der Waals surface area contributed by atoms with Crippen LogP contribution in [0.25, 0.3) is 0 Å². The molecule has 0 amide bonds. The van der Waals surface area contributed by atoms with Crippen molar-refractivity contribution < 1.29 is 18.6 Å². The number of ether oxygens (including phenoxy) is 1. The summed E-state index contributed by atoms with van der Waals surface area (Å²) < 4.78 is 29.4. The van der Waals surface area contributed by atoms with E-state index in [4.69, 9.17) is 4.74 Å². The molecular weight excluding hydrogens is 228 g/mol. The first kappa shape index (κ1) is 14.8. The topological polar surface area (TPSA) is 41.5 Å². The molecule has 2 atom stereocenters. The fourth-order valence-electron chi connectivity index (χ4n) is 2.59. The van der Waals surface area contributed by atoms with Crippen molar-refractivity contribution in [2.45, 2.75) is 63.6 Å². The minimum atomic E-state index is -2.42. The minimum absolute atomic E-state index is 0.0275. The molecule has 0 spiro atoms. The van der Waals surface area contributed by atoms with Crippen molar-refractivity contribution in [3.63, 3.8) is 0 Å². The second-order valence-corrected chi connectivity index (χ2v) is 5.18. The number of aliphatic hydroxyl groups excluding tert-OH is 1. The molecule has 1 saturated carbocycles. The number of aliphatic hydroxyl groups is 1. The molecule has 1 aliphatic carbocycles. The molecule has 1 rings (SSSR count). The highest BCUT2D eigenvalue weighted by Crippen LogP contribution is 2.30. The highest BCUT2D eigenvalue weighted by atomic mass is 19.3. The smallest absolute Gasteiger partial charge is 0.261 e. The van der Waals surface area contributed by atoms with E-state index in [0.29, 0.717) is 6.42 Å². The molecule has 3 nitrogen and oxygen atoms in total. The van der Waals surface area contributed by atoms with E-state index >= 15 is 0 Å². The van der Waals surface area contributed by atoms with E-state index < -0.39 is 13.0 Å². The van der Waals surface area contributed by atoms with E-state index in [0.717, 1.165) is 19.3 Å². The highest BCUT2D eigenvalue weighted by Gasteiger charge is 2.36. The summed E-state index contributed by atoms with van der Waals surface area (Å²) in [6.07, 6.45) is 0.585. The molecule has 102 valence electrons. The van der Waals surface area contributed by atoms with Crippen LogP contribution >= 0.6 is 0 Å². The number of nitrogens with one attached hydrogen (secondary N) is 1. The molecular formula is C12H23F2NO2. The van der Waals surface area contributed by atoms with Crippen LogP contribution in [-0.2, 0) is 4.74 Å². The minimum Gasteiger partial charge on any atom is -0.394 e. The fraction of sp³-hybridized carbons (Fsp3) is 1.00. The maximum absolute atomic E-state index is 12.1. The SMILES string of the molecule is CC(C)NC1(CO)CCCC(OCC(F)F)C1. The zero-order chi connectivity index (χ0) is 12.9. The molecule has 0 aliphatic heterocycles. The van der Waals surface area contributed by atoms with Gasteiger partial charge in [-0.2, -0.15) is 0 Å². The summed E-state index contributed by atoms with van der Waals surface area (Å²) in [7, 11) is 0. The second-order valence-electron chi connectivity index (χ2n) is 5.18. The van der Waals surface area contributed by atoms with Gasteiger partial charge in [-0.1, -0.05) is 13.8 Å². The number of halogens is 2. The Kier molecular flexibility index (Phi) is 5.76. The van der Waals surface area contributed by atoms with Crippen molar-refractivity contribution in [3.05, 3.63) is 0 Å². The number of rotatable bonds is 6. The molecule has 0 bridgehead atoms. The number of alkyl halides is 2. The van der Waals surface area contributed by atoms with Gasteiger partial charge in [-0.25, -0.2) is 8.78 Å². The van der Waals surface area contributed by atoms with Crippen molar-refractivity contribution >= 4 is 0 Å². The van der Waals surface area contributed by atoms with Gasteiger partial charge in [0.25, 0.3) is 6.43 Å². The molecule has 0 aromatic carbocycles. The van der Waals surface area contributed by atoms with Gasteiger partial charge in [-0.3, -0.25) is 0 Å². The molecule has 1 fully saturated rings. The van der Waals surface area contributed by atoms with Gasteiger partial charge in [0.1, 0.15) is 6.61 Å². The first-order valence-corrected chi connectivity index (χ1v) is 6.26. The Morgan fingerprint density at radius 1 is 1.47 bits per heavy atom. The Hall–Kier alpha value is -0.260. The normalized spacial score (nSPS) is 30.2. The molecule has 0 saturated heterocycles. The van der Waals surface area contributed by atoms with Crippen LogP contribution in [0.2, 0.25) is 0 Å². The molecule has 5 heteroatoms. The van der Waals surface area contributed by atoms with E-state index in [2.05, 4.69) is 5.32 Å². The lowest BCUT2D eigenvalue weighted by atomic mass is 9.80. The first-order valence-electron chi connectivity index (χ1n) is 6.26. The average Bonchev–Trinajstić information content (AvgIpc) is 2.26. The Balaban J connectivity index is 2.50. The number of hydrogen-bond acceptors (Lipinski definition) is 3. The van der Waals surface area contributed by atoms with E-state index in [1.54, 1.807) is 0 Å². The van der Waals surface area contributed by atoms with Crippen molar-refractivity contribution in [2.24, 2.45) is 0 Å². The van der Waals surface area contributed by atoms with E-state index in [-0.39, 0.29) is 24.3 Å². The first-order chi connectivity index (χ1) is 7.97. The zero-order valence-electron chi connectivity index (χ0n) is 10.6. The predicted molar refractivity (Wildman–Crippen MR) is 62.3 cm³/mol. The average molecular weight is 251 g/mol. The van der Waals surface area contributed by atoms with Gasteiger partial charge in [-0.15, -0.1) is 0 Å². The van der Waals surface area contributed by atoms with Crippen LogP contribution in [0, 0.1) is 0 Å². The van der Waals surface area contributed by atoms with Crippen molar-refractivity contribution in [3.8, 4) is 0 Å². The summed E-state index contributed by atoms with van der Waals surface area (Å²) in [5.74, 6) is 0. The quantitative estimate of drug-likeness (QED) is 0.758. The van der Waals surface area contributed by atoms with Crippen LogP contribution in [0.3, 0.4) is 0 Å². The lowest BCUT2D eigenvalue weighted by Gasteiger charge is -2.41. The number of hydrogen-bond donors (Lipinski definition) is 2. The van der Waals surface area contributed by atoms with Crippen molar-refractivity contribution in [1.82, 2.24) is 5.32 Å². The van der Waals surface area contributed by atoms with Crippen LogP contribution in [0.15, 0.2) is 0 Å². The maximum atomic E-state index is 12.1. The molecule has 0 heterocycles. The molecule has 17 heavy (non-hydrogen) atoms. The maximum Gasteiger partial charge on any atom is 0.261 e. The van der Waals surface area contributed by atoms with Crippen LogP contribution in [0.5, 0.6) is 0 Å². The zero-order valence-corrected chi connectivity index (χ0v) is 10.6. The molecule has 0 aromatic rings. The van der Waals surface area contributed by atoms with Crippen LogP contribution in [0.4, 0.5) is 8.78 Å². The predicted octanol–water partition coefficient (Wildman–Crippen LogP) is 1.94. The molecule has 0 radical (unpaired) electrons. The van der Waals surface area contributed by atoms with Crippen LogP contribution in [-0.4, -0.2) is 42.4 Å². The van der Waals surface area contributed by atoms with E-state index in [9.17, 15) is 13.9 Å². The largest absolute Gasteiger partial charge is 0.394 e. The van der Waals surface area contributed by atoms with Gasteiger partial charge >= 0.3 is 0 Å². The molecule has 1 aliphatic rings. The fourth-order valence-corrected chi connectivity index (χ4v) is 2.59. The third kappa shape index (κ3) is 4.85.